The van der Waals surface area contributed by atoms with Crippen molar-refractivity contribution in [2.45, 2.75) is 38.0 Å². The molecule has 1 atom stereocenters. The first-order valence-electron chi connectivity index (χ1n) is 6.33. The molecule has 1 fully saturated rings. The van der Waals surface area contributed by atoms with Gasteiger partial charge in [0.05, 0.1) is 10.9 Å². The first-order valence-corrected chi connectivity index (χ1v) is 6.33. The van der Waals surface area contributed by atoms with Gasteiger partial charge in [-0.15, -0.1) is 0 Å². The third kappa shape index (κ3) is 2.25. The highest BCUT2D eigenvalue weighted by Gasteiger charge is 2.41. The summed E-state index contributed by atoms with van der Waals surface area (Å²) >= 11 is 0. The Kier molecular flexibility index (Phi) is 2.66. The van der Waals surface area contributed by atoms with E-state index in [1.54, 1.807) is 12.1 Å². The summed E-state index contributed by atoms with van der Waals surface area (Å²) in [5.74, 6) is -2.60. The Morgan fingerprint density at radius 1 is 1.42 bits per heavy atom. The minimum absolute atomic E-state index is 0.132. The Labute approximate surface area is 108 Å². The van der Waals surface area contributed by atoms with E-state index in [1.807, 2.05) is 13.0 Å². The lowest BCUT2D eigenvalue weighted by Crippen LogP contribution is -2.15. The van der Waals surface area contributed by atoms with Crippen molar-refractivity contribution in [3.8, 4) is 0 Å². The van der Waals surface area contributed by atoms with E-state index in [4.69, 9.17) is 0 Å². The topological polar surface area (TPSA) is 45.8 Å². The smallest absolute Gasteiger partial charge is 0.258 e. The lowest BCUT2D eigenvalue weighted by Gasteiger charge is -2.10. The summed E-state index contributed by atoms with van der Waals surface area (Å²) in [4.78, 5) is 19.0. The minimum Gasteiger partial charge on any atom is -0.310 e. The van der Waals surface area contributed by atoms with Crippen LogP contribution >= 0.6 is 0 Å². The van der Waals surface area contributed by atoms with E-state index in [9.17, 15) is 13.6 Å². The van der Waals surface area contributed by atoms with Gasteiger partial charge in [0, 0.05) is 18.8 Å². The van der Waals surface area contributed by atoms with Crippen LogP contribution in [0.4, 0.5) is 8.78 Å². The van der Waals surface area contributed by atoms with Gasteiger partial charge in [-0.1, -0.05) is 11.6 Å². The van der Waals surface area contributed by atoms with E-state index in [2.05, 4.69) is 9.97 Å². The molecule has 0 bridgehead atoms. The number of hydrogen-bond donors (Lipinski definition) is 1. The summed E-state index contributed by atoms with van der Waals surface area (Å²) in [6, 6.07) is 5.38. The zero-order valence-corrected chi connectivity index (χ0v) is 10.5. The SMILES string of the molecule is Cc1ccc2nc(C3CCC(F)(F)C3)[nH]c(=O)c2c1. The van der Waals surface area contributed by atoms with Crippen LogP contribution < -0.4 is 5.56 Å². The summed E-state index contributed by atoms with van der Waals surface area (Å²) in [5, 5.41) is 0.508. The summed E-state index contributed by atoms with van der Waals surface area (Å²) in [6.45, 7) is 1.89. The third-order valence-electron chi connectivity index (χ3n) is 3.67. The second-order valence-electron chi connectivity index (χ2n) is 5.27. The maximum Gasteiger partial charge on any atom is 0.258 e. The van der Waals surface area contributed by atoms with Gasteiger partial charge in [-0.3, -0.25) is 4.79 Å². The van der Waals surface area contributed by atoms with E-state index >= 15 is 0 Å². The Bertz CT molecular complexity index is 693. The molecule has 1 N–H and O–H groups in total. The number of aromatic nitrogens is 2. The van der Waals surface area contributed by atoms with Crippen LogP contribution in [0.25, 0.3) is 10.9 Å². The monoisotopic (exact) mass is 264 g/mol. The summed E-state index contributed by atoms with van der Waals surface area (Å²) < 4.78 is 26.5. The predicted octanol–water partition coefficient (Wildman–Crippen LogP) is 3.13. The largest absolute Gasteiger partial charge is 0.310 e. The molecule has 0 radical (unpaired) electrons. The molecule has 0 spiro atoms. The van der Waals surface area contributed by atoms with Gasteiger partial charge in [0.15, 0.2) is 0 Å². The average molecular weight is 264 g/mol. The van der Waals surface area contributed by atoms with Crippen molar-refractivity contribution < 1.29 is 8.78 Å². The molecule has 1 saturated carbocycles. The molecule has 1 aromatic heterocycles. The van der Waals surface area contributed by atoms with Crippen molar-refractivity contribution >= 4 is 10.9 Å². The van der Waals surface area contributed by atoms with Crippen LogP contribution in [0.3, 0.4) is 0 Å². The molecule has 3 rings (SSSR count). The number of rotatable bonds is 1. The summed E-state index contributed by atoms with van der Waals surface area (Å²) in [7, 11) is 0. The number of nitrogens with zero attached hydrogens (tertiary/aromatic N) is 1. The number of fused-ring (bicyclic) bond motifs is 1. The molecule has 100 valence electrons. The van der Waals surface area contributed by atoms with Gasteiger partial charge in [0.2, 0.25) is 5.92 Å². The van der Waals surface area contributed by atoms with Gasteiger partial charge in [-0.05, 0) is 25.5 Å². The first kappa shape index (κ1) is 12.3. The van der Waals surface area contributed by atoms with Gasteiger partial charge in [0.1, 0.15) is 5.82 Å². The van der Waals surface area contributed by atoms with Gasteiger partial charge >= 0.3 is 0 Å². The maximum atomic E-state index is 13.2. The van der Waals surface area contributed by atoms with Crippen LogP contribution in [-0.4, -0.2) is 15.9 Å². The summed E-state index contributed by atoms with van der Waals surface area (Å²) in [6.07, 6.45) is 0.00787. The van der Waals surface area contributed by atoms with E-state index in [0.29, 0.717) is 23.1 Å². The van der Waals surface area contributed by atoms with Crippen molar-refractivity contribution in [3.63, 3.8) is 0 Å². The van der Waals surface area contributed by atoms with Gasteiger partial charge in [-0.25, -0.2) is 13.8 Å². The molecular formula is C14H14F2N2O. The molecule has 0 aliphatic heterocycles. The number of H-pyrrole nitrogens is 1. The van der Waals surface area contributed by atoms with Gasteiger partial charge < -0.3 is 4.98 Å². The van der Waals surface area contributed by atoms with Crippen LogP contribution in [-0.2, 0) is 0 Å². The fourth-order valence-corrected chi connectivity index (χ4v) is 2.65. The van der Waals surface area contributed by atoms with Crippen molar-refractivity contribution in [1.29, 1.82) is 0 Å². The van der Waals surface area contributed by atoms with E-state index < -0.39 is 5.92 Å². The molecule has 5 heteroatoms. The van der Waals surface area contributed by atoms with Crippen LogP contribution in [0.15, 0.2) is 23.0 Å². The molecule has 0 amide bonds. The number of alkyl halides is 2. The molecule has 1 unspecified atom stereocenters. The summed E-state index contributed by atoms with van der Waals surface area (Å²) in [5.41, 5.74) is 1.29. The highest BCUT2D eigenvalue weighted by molar-refractivity contribution is 5.78. The minimum atomic E-state index is -2.63. The van der Waals surface area contributed by atoms with Crippen molar-refractivity contribution in [2.75, 3.05) is 0 Å². The zero-order valence-electron chi connectivity index (χ0n) is 10.5. The van der Waals surface area contributed by atoms with Crippen LogP contribution in [0.1, 0.15) is 36.6 Å². The normalized spacial score (nSPS) is 21.9. The van der Waals surface area contributed by atoms with Crippen LogP contribution in [0.5, 0.6) is 0 Å². The Balaban J connectivity index is 2.07. The highest BCUT2D eigenvalue weighted by atomic mass is 19.3. The average Bonchev–Trinajstić information content (AvgIpc) is 2.70. The molecule has 0 saturated heterocycles. The molecule has 2 aromatic rings. The van der Waals surface area contributed by atoms with Crippen molar-refractivity contribution in [3.05, 3.63) is 39.9 Å². The van der Waals surface area contributed by atoms with E-state index in [1.165, 1.54) is 0 Å². The standard InChI is InChI=1S/C14H14F2N2O/c1-8-2-3-11-10(6-8)13(19)18-12(17-11)9-4-5-14(15,16)7-9/h2-3,6,9H,4-5,7H2,1H3,(H,17,18,19). The quantitative estimate of drug-likeness (QED) is 0.860. The first-order chi connectivity index (χ1) is 8.94. The van der Waals surface area contributed by atoms with Gasteiger partial charge in [0.25, 0.3) is 5.56 Å². The number of aryl methyl sites for hydroxylation is 1. The van der Waals surface area contributed by atoms with Crippen LogP contribution in [0.2, 0.25) is 0 Å². The van der Waals surface area contributed by atoms with Gasteiger partial charge in [-0.2, -0.15) is 0 Å². The Morgan fingerprint density at radius 2 is 2.21 bits per heavy atom. The van der Waals surface area contributed by atoms with Crippen molar-refractivity contribution in [2.24, 2.45) is 0 Å². The molecule has 1 aliphatic carbocycles. The molecule has 1 heterocycles. The fourth-order valence-electron chi connectivity index (χ4n) is 2.65. The van der Waals surface area contributed by atoms with E-state index in [0.717, 1.165) is 5.56 Å². The predicted molar refractivity (Wildman–Crippen MR) is 68.6 cm³/mol. The number of aromatic amines is 1. The Morgan fingerprint density at radius 3 is 2.89 bits per heavy atom. The molecule has 1 aromatic carbocycles. The molecule has 3 nitrogen and oxygen atoms in total. The molecule has 19 heavy (non-hydrogen) atoms. The second kappa shape index (κ2) is 4.11. The molecule has 1 aliphatic rings. The van der Waals surface area contributed by atoms with E-state index in [-0.39, 0.29) is 24.3 Å². The number of halogens is 2. The number of benzene rings is 1. The Hall–Kier alpha value is -1.78. The molecular weight excluding hydrogens is 250 g/mol. The lowest BCUT2D eigenvalue weighted by atomic mass is 10.1. The fraction of sp³-hybridized carbons (Fsp3) is 0.429. The third-order valence-corrected chi connectivity index (χ3v) is 3.67. The number of hydrogen-bond acceptors (Lipinski definition) is 2. The highest BCUT2D eigenvalue weighted by Crippen LogP contribution is 2.43. The van der Waals surface area contributed by atoms with Crippen molar-refractivity contribution in [1.82, 2.24) is 9.97 Å². The lowest BCUT2D eigenvalue weighted by molar-refractivity contribution is 0.00754. The van der Waals surface area contributed by atoms with Crippen LogP contribution in [0, 0.1) is 6.92 Å². The maximum absolute atomic E-state index is 13.2. The second-order valence-corrected chi connectivity index (χ2v) is 5.27. The zero-order chi connectivity index (χ0) is 13.6. The number of nitrogens with one attached hydrogen (secondary N) is 1.